The van der Waals surface area contributed by atoms with Crippen LogP contribution in [0.1, 0.15) is 31.9 Å². The van der Waals surface area contributed by atoms with Crippen molar-refractivity contribution in [3.63, 3.8) is 0 Å². The predicted molar refractivity (Wildman–Crippen MR) is 64.6 cm³/mol. The first kappa shape index (κ1) is 11.8. The van der Waals surface area contributed by atoms with Gasteiger partial charge < -0.3 is 10.1 Å². The number of nitrogens with one attached hydrogen (secondary N) is 1. The van der Waals surface area contributed by atoms with Crippen LogP contribution in [0.3, 0.4) is 0 Å². The van der Waals surface area contributed by atoms with Gasteiger partial charge in [0.05, 0.1) is 6.61 Å². The normalized spacial score (nSPS) is 26.9. The molecule has 0 aromatic carbocycles. The van der Waals surface area contributed by atoms with E-state index in [2.05, 4.69) is 24.1 Å². The van der Waals surface area contributed by atoms with Gasteiger partial charge in [-0.3, -0.25) is 0 Å². The Bertz CT molecular complexity index is 364. The average molecular weight is 241 g/mol. The van der Waals surface area contributed by atoms with Gasteiger partial charge in [-0.25, -0.2) is 4.98 Å². The van der Waals surface area contributed by atoms with Gasteiger partial charge in [-0.15, -0.1) is 0 Å². The Hall–Kier alpha value is -0.640. The van der Waals surface area contributed by atoms with E-state index in [1.54, 1.807) is 6.20 Å². The third-order valence-corrected chi connectivity index (χ3v) is 3.35. The maximum absolute atomic E-state index is 6.07. The summed E-state index contributed by atoms with van der Waals surface area (Å²) in [6.07, 6.45) is 2.74. The van der Waals surface area contributed by atoms with Crippen molar-refractivity contribution in [2.75, 3.05) is 13.2 Å². The molecule has 0 amide bonds. The molecule has 3 nitrogen and oxygen atoms in total. The smallest absolute Gasteiger partial charge is 0.133 e. The zero-order valence-electron chi connectivity index (χ0n) is 9.66. The van der Waals surface area contributed by atoms with Gasteiger partial charge in [-0.2, -0.15) is 0 Å². The zero-order valence-corrected chi connectivity index (χ0v) is 10.4. The monoisotopic (exact) mass is 240 g/mol. The Balaban J connectivity index is 2.08. The third-order valence-electron chi connectivity index (χ3n) is 3.04. The lowest BCUT2D eigenvalue weighted by molar-refractivity contribution is 0.167. The first-order valence-corrected chi connectivity index (χ1v) is 5.94. The topological polar surface area (TPSA) is 34.1 Å². The molecule has 4 heteroatoms. The second-order valence-electron chi connectivity index (χ2n) is 4.61. The Kier molecular flexibility index (Phi) is 3.47. The summed E-state index contributed by atoms with van der Waals surface area (Å²) in [4.78, 5) is 4.09. The summed E-state index contributed by atoms with van der Waals surface area (Å²) < 4.78 is 5.42. The first-order chi connectivity index (χ1) is 7.61. The number of aromatic nitrogens is 1. The maximum Gasteiger partial charge on any atom is 0.133 e. The van der Waals surface area contributed by atoms with Crippen molar-refractivity contribution in [2.24, 2.45) is 0 Å². The zero-order chi connectivity index (χ0) is 11.6. The molecule has 0 bridgehead atoms. The number of hydrogen-bond acceptors (Lipinski definition) is 3. The number of hydrogen-bond donors (Lipinski definition) is 1. The lowest BCUT2D eigenvalue weighted by atomic mass is 9.99. The summed E-state index contributed by atoms with van der Waals surface area (Å²) in [5, 5.41) is 4.14. The van der Waals surface area contributed by atoms with Crippen LogP contribution in [-0.4, -0.2) is 23.7 Å². The van der Waals surface area contributed by atoms with Gasteiger partial charge in [0.2, 0.25) is 0 Å². The number of halogens is 1. The SMILES string of the molecule is CC(NC1(C)CCOC1)c1cccnc1Cl. The number of rotatable bonds is 3. The summed E-state index contributed by atoms with van der Waals surface area (Å²) >= 11 is 6.07. The fraction of sp³-hybridized carbons (Fsp3) is 0.583. The molecule has 2 unspecified atom stereocenters. The molecule has 1 saturated heterocycles. The standard InChI is InChI=1S/C12H17ClN2O/c1-9(10-4-3-6-14-11(10)13)15-12(2)5-7-16-8-12/h3-4,6,9,15H,5,7-8H2,1-2H3. The van der Waals surface area contributed by atoms with E-state index >= 15 is 0 Å². The minimum atomic E-state index is 0.0542. The Morgan fingerprint density at radius 3 is 3.06 bits per heavy atom. The Morgan fingerprint density at radius 1 is 1.62 bits per heavy atom. The van der Waals surface area contributed by atoms with Crippen LogP contribution in [0.2, 0.25) is 5.15 Å². The summed E-state index contributed by atoms with van der Waals surface area (Å²) in [6.45, 7) is 5.87. The van der Waals surface area contributed by atoms with E-state index in [-0.39, 0.29) is 11.6 Å². The molecule has 0 saturated carbocycles. The summed E-state index contributed by atoms with van der Waals surface area (Å²) in [5.41, 5.74) is 1.09. The summed E-state index contributed by atoms with van der Waals surface area (Å²) in [6, 6.07) is 4.10. The van der Waals surface area contributed by atoms with Gasteiger partial charge in [0.25, 0.3) is 0 Å². The molecule has 1 aliphatic heterocycles. The highest BCUT2D eigenvalue weighted by Crippen LogP contribution is 2.25. The molecular weight excluding hydrogens is 224 g/mol. The predicted octanol–water partition coefficient (Wildman–Crippen LogP) is 2.56. The van der Waals surface area contributed by atoms with Gasteiger partial charge in [0, 0.05) is 29.9 Å². The minimum absolute atomic E-state index is 0.0542. The van der Waals surface area contributed by atoms with Crippen LogP contribution >= 0.6 is 11.6 Å². The van der Waals surface area contributed by atoms with Crippen LogP contribution in [0.5, 0.6) is 0 Å². The largest absolute Gasteiger partial charge is 0.379 e. The van der Waals surface area contributed by atoms with E-state index in [1.165, 1.54) is 0 Å². The molecule has 88 valence electrons. The van der Waals surface area contributed by atoms with E-state index in [0.29, 0.717) is 5.15 Å². The molecule has 1 aromatic heterocycles. The van der Waals surface area contributed by atoms with Gasteiger partial charge in [0.1, 0.15) is 5.15 Å². The Morgan fingerprint density at radius 2 is 2.44 bits per heavy atom. The molecule has 0 radical (unpaired) electrons. The van der Waals surface area contributed by atoms with Crippen molar-refractivity contribution >= 4 is 11.6 Å². The fourth-order valence-electron chi connectivity index (χ4n) is 2.10. The number of pyridine rings is 1. The quantitative estimate of drug-likeness (QED) is 0.825. The molecule has 16 heavy (non-hydrogen) atoms. The van der Waals surface area contributed by atoms with Crippen molar-refractivity contribution in [1.82, 2.24) is 10.3 Å². The van der Waals surface area contributed by atoms with Crippen molar-refractivity contribution in [3.05, 3.63) is 29.0 Å². The molecule has 2 heterocycles. The van der Waals surface area contributed by atoms with Gasteiger partial charge in [-0.05, 0) is 26.3 Å². The molecular formula is C12H17ClN2O. The number of ether oxygens (including phenoxy) is 1. The lowest BCUT2D eigenvalue weighted by Crippen LogP contribution is -2.44. The van der Waals surface area contributed by atoms with E-state index in [9.17, 15) is 0 Å². The molecule has 2 rings (SSSR count). The van der Waals surface area contributed by atoms with Gasteiger partial charge >= 0.3 is 0 Å². The van der Waals surface area contributed by atoms with Crippen molar-refractivity contribution in [2.45, 2.75) is 31.8 Å². The van der Waals surface area contributed by atoms with Crippen LogP contribution < -0.4 is 5.32 Å². The third kappa shape index (κ3) is 2.54. The van der Waals surface area contributed by atoms with Crippen LogP contribution in [0, 0.1) is 0 Å². The molecule has 1 fully saturated rings. The van der Waals surface area contributed by atoms with Crippen molar-refractivity contribution in [3.8, 4) is 0 Å². The highest BCUT2D eigenvalue weighted by atomic mass is 35.5. The average Bonchev–Trinajstić information content (AvgIpc) is 2.65. The van der Waals surface area contributed by atoms with Gasteiger partial charge in [-0.1, -0.05) is 17.7 Å². The van der Waals surface area contributed by atoms with E-state index in [1.807, 2.05) is 12.1 Å². The van der Waals surface area contributed by atoms with Crippen LogP contribution in [0.15, 0.2) is 18.3 Å². The minimum Gasteiger partial charge on any atom is -0.379 e. The number of nitrogens with zero attached hydrogens (tertiary/aromatic N) is 1. The second kappa shape index (κ2) is 4.70. The van der Waals surface area contributed by atoms with Crippen LogP contribution in [0.25, 0.3) is 0 Å². The van der Waals surface area contributed by atoms with Crippen LogP contribution in [-0.2, 0) is 4.74 Å². The van der Waals surface area contributed by atoms with Gasteiger partial charge in [0.15, 0.2) is 0 Å². The molecule has 1 aliphatic rings. The fourth-order valence-corrected chi connectivity index (χ4v) is 2.39. The molecule has 2 atom stereocenters. The molecule has 1 aromatic rings. The second-order valence-corrected chi connectivity index (χ2v) is 4.97. The molecule has 0 aliphatic carbocycles. The maximum atomic E-state index is 6.07. The summed E-state index contributed by atoms with van der Waals surface area (Å²) in [5.74, 6) is 0. The lowest BCUT2D eigenvalue weighted by Gasteiger charge is -2.28. The van der Waals surface area contributed by atoms with E-state index in [0.717, 1.165) is 25.2 Å². The highest BCUT2D eigenvalue weighted by Gasteiger charge is 2.31. The molecule has 1 N–H and O–H groups in total. The Labute approximate surface area is 101 Å². The van der Waals surface area contributed by atoms with Crippen molar-refractivity contribution in [1.29, 1.82) is 0 Å². The van der Waals surface area contributed by atoms with Crippen LogP contribution in [0.4, 0.5) is 0 Å². The van der Waals surface area contributed by atoms with E-state index < -0.39 is 0 Å². The summed E-state index contributed by atoms with van der Waals surface area (Å²) in [7, 11) is 0. The first-order valence-electron chi connectivity index (χ1n) is 5.57. The molecule has 0 spiro atoms. The highest BCUT2D eigenvalue weighted by molar-refractivity contribution is 6.30. The van der Waals surface area contributed by atoms with Crippen molar-refractivity contribution < 1.29 is 4.74 Å². The van der Waals surface area contributed by atoms with E-state index in [4.69, 9.17) is 16.3 Å².